The van der Waals surface area contributed by atoms with Crippen LogP contribution < -0.4 is 0 Å². The quantitative estimate of drug-likeness (QED) is 0.786. The first-order valence-electron chi connectivity index (χ1n) is 5.65. The van der Waals surface area contributed by atoms with Crippen molar-refractivity contribution >= 4 is 17.4 Å². The number of carbonyl (C=O) groups is 1. The van der Waals surface area contributed by atoms with E-state index in [9.17, 15) is 9.18 Å². The Labute approximate surface area is 114 Å². The van der Waals surface area contributed by atoms with E-state index in [-0.39, 0.29) is 35.2 Å². The second kappa shape index (κ2) is 5.99. The lowest BCUT2D eigenvalue weighted by molar-refractivity contribution is 0.0956. The van der Waals surface area contributed by atoms with Crippen LogP contribution >= 0.6 is 11.6 Å². The summed E-state index contributed by atoms with van der Waals surface area (Å²) in [5.74, 6) is -0.101. The fraction of sp³-hybridized carbons (Fsp3) is 0.214. The predicted molar refractivity (Wildman–Crippen MR) is 68.9 cm³/mol. The molecule has 0 bridgehead atoms. The molecule has 0 fully saturated rings. The van der Waals surface area contributed by atoms with Gasteiger partial charge in [0.15, 0.2) is 5.76 Å². The Morgan fingerprint density at radius 2 is 2.16 bits per heavy atom. The summed E-state index contributed by atoms with van der Waals surface area (Å²) in [5.41, 5.74) is 0.179. The summed E-state index contributed by atoms with van der Waals surface area (Å²) in [6, 6.07) is 7.51. The van der Waals surface area contributed by atoms with E-state index in [0.29, 0.717) is 5.76 Å². The number of benzene rings is 1. The molecule has 0 unspecified atom stereocenters. The summed E-state index contributed by atoms with van der Waals surface area (Å²) in [5, 5.41) is 0.233. The number of furan rings is 1. The van der Waals surface area contributed by atoms with E-state index in [4.69, 9.17) is 20.8 Å². The second-order valence-electron chi connectivity index (χ2n) is 4.00. The van der Waals surface area contributed by atoms with Crippen LogP contribution in [-0.4, -0.2) is 12.9 Å². The van der Waals surface area contributed by atoms with Gasteiger partial charge in [-0.25, -0.2) is 4.39 Å². The van der Waals surface area contributed by atoms with Crippen LogP contribution in [0.2, 0.25) is 5.02 Å². The van der Waals surface area contributed by atoms with Crippen molar-refractivity contribution in [1.82, 2.24) is 0 Å². The first kappa shape index (κ1) is 13.8. The molecule has 2 aromatic rings. The summed E-state index contributed by atoms with van der Waals surface area (Å²) in [7, 11) is 1.53. The van der Waals surface area contributed by atoms with Gasteiger partial charge in [0, 0.05) is 24.1 Å². The smallest absolute Gasteiger partial charge is 0.202 e. The molecule has 3 nitrogen and oxygen atoms in total. The molecule has 0 aliphatic carbocycles. The Bertz CT molecular complexity index is 572. The van der Waals surface area contributed by atoms with Crippen molar-refractivity contribution in [3.8, 4) is 0 Å². The first-order valence-corrected chi connectivity index (χ1v) is 6.03. The number of methoxy groups -OCH3 is 1. The number of hydrogen-bond donors (Lipinski definition) is 0. The van der Waals surface area contributed by atoms with Crippen molar-refractivity contribution in [1.29, 1.82) is 0 Å². The molecule has 0 N–H and O–H groups in total. The normalized spacial score (nSPS) is 10.7. The van der Waals surface area contributed by atoms with Crippen molar-refractivity contribution in [2.45, 2.75) is 13.0 Å². The van der Waals surface area contributed by atoms with Gasteiger partial charge in [-0.2, -0.15) is 0 Å². The zero-order chi connectivity index (χ0) is 13.8. The minimum absolute atomic E-state index is 0.133. The van der Waals surface area contributed by atoms with Crippen LogP contribution in [0.15, 0.2) is 34.7 Å². The van der Waals surface area contributed by atoms with E-state index in [1.54, 1.807) is 18.2 Å². The van der Waals surface area contributed by atoms with E-state index in [1.807, 2.05) is 0 Å². The third-order valence-corrected chi connectivity index (χ3v) is 2.98. The van der Waals surface area contributed by atoms with Gasteiger partial charge < -0.3 is 9.15 Å². The van der Waals surface area contributed by atoms with E-state index in [1.165, 1.54) is 19.2 Å². The molecule has 100 valence electrons. The number of halogens is 2. The average Bonchev–Trinajstić information content (AvgIpc) is 2.83. The van der Waals surface area contributed by atoms with Gasteiger partial charge in [0.25, 0.3) is 0 Å². The molecule has 1 heterocycles. The van der Waals surface area contributed by atoms with Crippen molar-refractivity contribution in [3.63, 3.8) is 0 Å². The largest absolute Gasteiger partial charge is 0.456 e. The highest BCUT2D eigenvalue weighted by molar-refractivity contribution is 6.31. The summed E-state index contributed by atoms with van der Waals surface area (Å²) < 4.78 is 23.8. The van der Waals surface area contributed by atoms with Crippen LogP contribution in [0.25, 0.3) is 0 Å². The Hall–Kier alpha value is -1.65. The lowest BCUT2D eigenvalue weighted by atomic mass is 10.1. The summed E-state index contributed by atoms with van der Waals surface area (Å²) in [4.78, 5) is 12.0. The average molecular weight is 283 g/mol. The Morgan fingerprint density at radius 1 is 1.37 bits per heavy atom. The number of ether oxygens (including phenoxy) is 1. The number of carbonyl (C=O) groups excluding carboxylic acids is 1. The molecular formula is C14H12ClFO3. The molecular weight excluding hydrogens is 271 g/mol. The van der Waals surface area contributed by atoms with Gasteiger partial charge in [0.1, 0.15) is 18.2 Å². The second-order valence-corrected chi connectivity index (χ2v) is 4.41. The van der Waals surface area contributed by atoms with Gasteiger partial charge in [-0.15, -0.1) is 0 Å². The van der Waals surface area contributed by atoms with E-state index < -0.39 is 5.82 Å². The molecule has 1 aromatic carbocycles. The molecule has 1 aromatic heterocycles. The van der Waals surface area contributed by atoms with Crippen molar-refractivity contribution in [2.24, 2.45) is 0 Å². The predicted octanol–water partition coefficient (Wildman–Crippen LogP) is 3.64. The maximum absolute atomic E-state index is 13.6. The minimum Gasteiger partial charge on any atom is -0.456 e. The molecule has 2 rings (SSSR count). The van der Waals surface area contributed by atoms with Gasteiger partial charge in [-0.3, -0.25) is 4.79 Å². The minimum atomic E-state index is -0.496. The first-order chi connectivity index (χ1) is 9.11. The number of rotatable bonds is 5. The molecule has 0 radical (unpaired) electrons. The molecule has 0 aliphatic heterocycles. The van der Waals surface area contributed by atoms with Gasteiger partial charge >= 0.3 is 0 Å². The number of hydrogen-bond acceptors (Lipinski definition) is 3. The van der Waals surface area contributed by atoms with Crippen molar-refractivity contribution in [2.75, 3.05) is 7.11 Å². The van der Waals surface area contributed by atoms with Gasteiger partial charge in [0.05, 0.1) is 0 Å². The lowest BCUT2D eigenvalue weighted by Gasteiger charge is -2.03. The Morgan fingerprint density at radius 3 is 2.84 bits per heavy atom. The van der Waals surface area contributed by atoms with Gasteiger partial charge in [-0.1, -0.05) is 17.7 Å². The molecule has 0 spiro atoms. The molecule has 0 saturated heterocycles. The maximum Gasteiger partial charge on any atom is 0.202 e. The topological polar surface area (TPSA) is 39.4 Å². The highest BCUT2D eigenvalue weighted by atomic mass is 35.5. The number of ketones is 1. The molecule has 0 amide bonds. The van der Waals surface area contributed by atoms with Crippen LogP contribution in [-0.2, 0) is 17.8 Å². The van der Waals surface area contributed by atoms with Crippen molar-refractivity contribution < 1.29 is 18.3 Å². The monoisotopic (exact) mass is 282 g/mol. The highest BCUT2D eigenvalue weighted by Gasteiger charge is 2.16. The number of Topliss-reactive ketones (excluding diaryl/α,β-unsaturated/α-hetero) is 1. The summed E-state index contributed by atoms with van der Waals surface area (Å²) >= 11 is 5.87. The standard InChI is InChI=1S/C14H12ClFO3/c1-18-8-9-5-6-14(19-9)13(17)7-10-11(15)3-2-4-12(10)16/h2-6H,7-8H2,1H3. The van der Waals surface area contributed by atoms with Crippen LogP contribution in [0.3, 0.4) is 0 Å². The highest BCUT2D eigenvalue weighted by Crippen LogP contribution is 2.21. The van der Waals surface area contributed by atoms with Crippen LogP contribution in [0, 0.1) is 5.82 Å². The fourth-order valence-corrected chi connectivity index (χ4v) is 1.93. The Balaban J connectivity index is 2.16. The van der Waals surface area contributed by atoms with Crippen molar-refractivity contribution in [3.05, 3.63) is 58.3 Å². The fourth-order valence-electron chi connectivity index (χ4n) is 1.70. The van der Waals surface area contributed by atoms with Crippen LogP contribution in [0.4, 0.5) is 4.39 Å². The van der Waals surface area contributed by atoms with Crippen LogP contribution in [0.1, 0.15) is 21.9 Å². The molecule has 5 heteroatoms. The molecule has 19 heavy (non-hydrogen) atoms. The third kappa shape index (κ3) is 3.22. The van der Waals surface area contributed by atoms with E-state index in [2.05, 4.69) is 0 Å². The summed E-state index contributed by atoms with van der Waals surface area (Å²) in [6.45, 7) is 0.285. The zero-order valence-corrected chi connectivity index (χ0v) is 11.0. The zero-order valence-electron chi connectivity index (χ0n) is 10.3. The SMILES string of the molecule is COCc1ccc(C(=O)Cc2c(F)cccc2Cl)o1. The molecule has 0 atom stereocenters. The van der Waals surface area contributed by atoms with E-state index in [0.717, 1.165) is 0 Å². The summed E-state index contributed by atoms with van der Waals surface area (Å²) in [6.07, 6.45) is -0.133. The Kier molecular flexibility index (Phi) is 4.35. The third-order valence-electron chi connectivity index (χ3n) is 2.62. The lowest BCUT2D eigenvalue weighted by Crippen LogP contribution is -2.04. The van der Waals surface area contributed by atoms with Crippen LogP contribution in [0.5, 0.6) is 0 Å². The van der Waals surface area contributed by atoms with Gasteiger partial charge in [-0.05, 0) is 24.3 Å². The van der Waals surface area contributed by atoms with Gasteiger partial charge in [0.2, 0.25) is 5.78 Å². The maximum atomic E-state index is 13.6. The molecule has 0 aliphatic rings. The molecule has 0 saturated carbocycles. The van der Waals surface area contributed by atoms with E-state index >= 15 is 0 Å².